The fourth-order valence-corrected chi connectivity index (χ4v) is 0.980. The second kappa shape index (κ2) is 1.81. The molecule has 1 heterocycles. The maximum absolute atomic E-state index is 2.98. The molecular weight excluding hydrogens is 203 g/mol. The number of nitrogens with zero attached hydrogens (tertiary/aromatic N) is 1. The highest BCUT2D eigenvalue weighted by molar-refractivity contribution is 14.1. The lowest BCUT2D eigenvalue weighted by Gasteiger charge is -1.65. The van der Waals surface area contributed by atoms with Crippen molar-refractivity contribution in [1.29, 1.82) is 0 Å². The van der Waals surface area contributed by atoms with Gasteiger partial charge in [-0.3, -0.25) is 0 Å². The Morgan fingerprint density at radius 2 is 2.57 bits per heavy atom. The molecule has 0 radical (unpaired) electrons. The van der Waals surface area contributed by atoms with Crippen molar-refractivity contribution in [2.75, 3.05) is 0 Å². The highest BCUT2D eigenvalue weighted by Crippen LogP contribution is 1.94. The van der Waals surface area contributed by atoms with Crippen LogP contribution in [-0.4, -0.2) is 5.10 Å². The lowest BCUT2D eigenvalue weighted by molar-refractivity contribution is -0.727. The highest BCUT2D eigenvalue weighted by atomic mass is 127. The first-order valence-corrected chi connectivity index (χ1v) is 3.06. The molecule has 0 bridgehead atoms. The molecule has 1 aromatic heterocycles. The number of nitrogens with one attached hydrogen (secondary N) is 1. The van der Waals surface area contributed by atoms with Crippen molar-refractivity contribution >= 4 is 22.6 Å². The summed E-state index contributed by atoms with van der Waals surface area (Å²) in [5.41, 5.74) is 0. The molecule has 0 atom stereocenters. The lowest BCUT2D eigenvalue weighted by Crippen LogP contribution is -2.27. The number of aromatic amines is 1. The Kier molecular flexibility index (Phi) is 1.32. The Morgan fingerprint density at radius 3 is 2.71 bits per heavy atom. The quantitative estimate of drug-likeness (QED) is 0.472. The van der Waals surface area contributed by atoms with Gasteiger partial charge in [-0.2, -0.15) is 5.10 Å². The molecule has 1 rings (SSSR count). The summed E-state index contributed by atoms with van der Waals surface area (Å²) in [6, 6.07) is 0. The van der Waals surface area contributed by atoms with Crippen LogP contribution in [0.4, 0.5) is 0 Å². The van der Waals surface area contributed by atoms with Crippen molar-refractivity contribution < 1.29 is 4.68 Å². The number of aromatic nitrogens is 2. The molecule has 3 heteroatoms. The van der Waals surface area contributed by atoms with Crippen molar-refractivity contribution in [3.8, 4) is 0 Å². The Balaban J connectivity index is 3.04. The summed E-state index contributed by atoms with van der Waals surface area (Å²) < 4.78 is 3.14. The van der Waals surface area contributed by atoms with Crippen LogP contribution in [0.1, 0.15) is 0 Å². The summed E-state index contributed by atoms with van der Waals surface area (Å²) in [6.07, 6.45) is 3.96. The summed E-state index contributed by atoms with van der Waals surface area (Å²) in [6.45, 7) is 0. The average molecular weight is 209 g/mol. The lowest BCUT2D eigenvalue weighted by atomic mass is 10.8. The molecule has 0 aliphatic heterocycles. The van der Waals surface area contributed by atoms with Gasteiger partial charge in [-0.15, -0.1) is 4.68 Å². The van der Waals surface area contributed by atoms with E-state index in [4.69, 9.17) is 0 Å². The van der Waals surface area contributed by atoms with Gasteiger partial charge >= 0.3 is 0 Å². The molecular formula is C4H6IN2+. The first-order chi connectivity index (χ1) is 3.29. The minimum absolute atomic E-state index is 1.24. The van der Waals surface area contributed by atoms with Gasteiger partial charge in [0, 0.05) is 0 Å². The summed E-state index contributed by atoms with van der Waals surface area (Å²) in [5, 5.41) is 2.98. The van der Waals surface area contributed by atoms with E-state index in [2.05, 4.69) is 27.7 Å². The zero-order chi connectivity index (χ0) is 5.28. The number of halogens is 1. The zero-order valence-electron chi connectivity index (χ0n) is 3.98. The van der Waals surface area contributed by atoms with Crippen LogP contribution >= 0.6 is 22.6 Å². The smallest absolute Gasteiger partial charge is 0.172 e. The molecule has 0 fully saturated rings. The van der Waals surface area contributed by atoms with Crippen LogP contribution in [0.3, 0.4) is 0 Å². The van der Waals surface area contributed by atoms with E-state index in [1.165, 1.54) is 3.57 Å². The number of H-pyrrole nitrogens is 1. The number of aryl methyl sites for hydroxylation is 1. The largest absolute Gasteiger partial charge is 0.208 e. The number of hydrogen-bond donors (Lipinski definition) is 1. The fraction of sp³-hybridized carbons (Fsp3) is 0.250. The maximum Gasteiger partial charge on any atom is 0.208 e. The SMILES string of the molecule is C[n+]1cc(I)c[nH]1. The Hall–Kier alpha value is -0.0600. The van der Waals surface area contributed by atoms with Gasteiger partial charge in [0.25, 0.3) is 0 Å². The van der Waals surface area contributed by atoms with Gasteiger partial charge in [0.2, 0.25) is 6.20 Å². The predicted octanol–water partition coefficient (Wildman–Crippen LogP) is 0.444. The normalized spacial score (nSPS) is 9.43. The minimum atomic E-state index is 1.24. The van der Waals surface area contributed by atoms with Crippen LogP contribution in [-0.2, 0) is 7.05 Å². The third-order valence-corrected chi connectivity index (χ3v) is 1.31. The van der Waals surface area contributed by atoms with Gasteiger partial charge in [-0.1, -0.05) is 0 Å². The van der Waals surface area contributed by atoms with E-state index in [1.807, 2.05) is 24.1 Å². The molecule has 0 aromatic carbocycles. The van der Waals surface area contributed by atoms with Crippen LogP contribution in [0, 0.1) is 3.57 Å². The van der Waals surface area contributed by atoms with Crippen molar-refractivity contribution in [1.82, 2.24) is 5.10 Å². The van der Waals surface area contributed by atoms with Gasteiger partial charge in [0.05, 0.1) is 6.20 Å². The van der Waals surface area contributed by atoms with E-state index >= 15 is 0 Å². The predicted molar refractivity (Wildman–Crippen MR) is 34.7 cm³/mol. The molecule has 0 amide bonds. The first-order valence-electron chi connectivity index (χ1n) is 1.98. The second-order valence-electron chi connectivity index (χ2n) is 1.40. The van der Waals surface area contributed by atoms with E-state index in [1.54, 1.807) is 0 Å². The first kappa shape index (κ1) is 5.08. The average Bonchev–Trinajstić information content (AvgIpc) is 1.87. The topological polar surface area (TPSA) is 19.7 Å². The molecule has 0 saturated heterocycles. The maximum atomic E-state index is 2.98. The van der Waals surface area contributed by atoms with Crippen molar-refractivity contribution in [2.45, 2.75) is 0 Å². The Bertz CT molecular complexity index is 142. The molecule has 0 aliphatic carbocycles. The standard InChI is InChI=1S/C4H5IN2/c1-7-3-4(5)2-6-7/h2-3H,1H3/p+1. The summed E-state index contributed by atoms with van der Waals surface area (Å²) in [5.74, 6) is 0. The molecule has 7 heavy (non-hydrogen) atoms. The molecule has 38 valence electrons. The molecule has 0 spiro atoms. The summed E-state index contributed by atoms with van der Waals surface area (Å²) in [7, 11) is 1.96. The van der Waals surface area contributed by atoms with Crippen LogP contribution in [0.2, 0.25) is 0 Å². The molecule has 1 N–H and O–H groups in total. The van der Waals surface area contributed by atoms with Crippen molar-refractivity contribution in [2.24, 2.45) is 7.05 Å². The van der Waals surface area contributed by atoms with Crippen LogP contribution in [0.5, 0.6) is 0 Å². The summed E-state index contributed by atoms with van der Waals surface area (Å²) >= 11 is 2.25. The van der Waals surface area contributed by atoms with Gasteiger partial charge < -0.3 is 0 Å². The number of hydrogen-bond acceptors (Lipinski definition) is 0. The Morgan fingerprint density at radius 1 is 1.86 bits per heavy atom. The molecule has 1 aromatic rings. The van der Waals surface area contributed by atoms with E-state index in [0.29, 0.717) is 0 Å². The third kappa shape index (κ3) is 1.15. The Labute approximate surface area is 55.7 Å². The van der Waals surface area contributed by atoms with E-state index in [0.717, 1.165) is 0 Å². The number of rotatable bonds is 0. The van der Waals surface area contributed by atoms with Crippen molar-refractivity contribution in [3.05, 3.63) is 16.0 Å². The highest BCUT2D eigenvalue weighted by Gasteiger charge is 1.92. The second-order valence-corrected chi connectivity index (χ2v) is 2.64. The van der Waals surface area contributed by atoms with Gasteiger partial charge in [-0.05, 0) is 22.6 Å². The fourth-order valence-electron chi connectivity index (χ4n) is 0.423. The van der Waals surface area contributed by atoms with E-state index in [-0.39, 0.29) is 0 Å². The molecule has 0 unspecified atom stereocenters. The molecule has 0 aliphatic rings. The van der Waals surface area contributed by atoms with Crippen molar-refractivity contribution in [3.63, 3.8) is 0 Å². The molecule has 0 saturated carbocycles. The zero-order valence-corrected chi connectivity index (χ0v) is 6.14. The van der Waals surface area contributed by atoms with Crippen LogP contribution < -0.4 is 4.68 Å². The summed E-state index contributed by atoms with van der Waals surface area (Å²) in [4.78, 5) is 0. The third-order valence-electron chi connectivity index (χ3n) is 0.723. The van der Waals surface area contributed by atoms with E-state index in [9.17, 15) is 0 Å². The minimum Gasteiger partial charge on any atom is -0.172 e. The monoisotopic (exact) mass is 209 g/mol. The van der Waals surface area contributed by atoms with Gasteiger partial charge in [0.1, 0.15) is 3.57 Å². The van der Waals surface area contributed by atoms with E-state index < -0.39 is 0 Å². The van der Waals surface area contributed by atoms with Gasteiger partial charge in [0.15, 0.2) is 7.05 Å². The molecule has 2 nitrogen and oxygen atoms in total. The van der Waals surface area contributed by atoms with Crippen LogP contribution in [0.15, 0.2) is 12.4 Å². The van der Waals surface area contributed by atoms with Gasteiger partial charge in [-0.25, -0.2) is 0 Å². The van der Waals surface area contributed by atoms with Crippen LogP contribution in [0.25, 0.3) is 0 Å².